The lowest BCUT2D eigenvalue weighted by atomic mass is 9.73. The average Bonchev–Trinajstić information content (AvgIpc) is 2.32. The molecule has 0 aromatic heterocycles. The number of ketones is 1. The fourth-order valence-corrected chi connectivity index (χ4v) is 2.91. The number of carbonyl (C=O) groups excluding carboxylic acids is 1. The first-order valence-corrected chi connectivity index (χ1v) is 7.19. The van der Waals surface area contributed by atoms with E-state index in [1.165, 1.54) is 32.1 Å². The highest BCUT2D eigenvalue weighted by atomic mass is 16.1. The summed E-state index contributed by atoms with van der Waals surface area (Å²) in [5.74, 6) is 2.06. The van der Waals surface area contributed by atoms with Crippen molar-refractivity contribution >= 4 is 5.78 Å². The number of Topliss-reactive ketones (excluding diaryl/α,β-unsaturated/α-hetero) is 1. The lowest BCUT2D eigenvalue weighted by molar-refractivity contribution is -0.126. The fourth-order valence-electron chi connectivity index (χ4n) is 2.91. The third-order valence-electron chi connectivity index (χ3n) is 3.60. The standard InChI is InChI=1S/C13H24O.C2H6/c1-4-12(14)13(10(2)3)11-8-6-5-7-9-11;1-2/h10-11,13H,4-9H2,1-3H3;1-2H3/t13-;/m1./s1. The van der Waals surface area contributed by atoms with Crippen LogP contribution >= 0.6 is 0 Å². The van der Waals surface area contributed by atoms with Gasteiger partial charge in [0.15, 0.2) is 0 Å². The molecular formula is C15H30O. The van der Waals surface area contributed by atoms with Crippen LogP contribution in [0.5, 0.6) is 0 Å². The Morgan fingerprint density at radius 2 is 1.62 bits per heavy atom. The van der Waals surface area contributed by atoms with Gasteiger partial charge in [0.1, 0.15) is 5.78 Å². The molecule has 1 nitrogen and oxygen atoms in total. The summed E-state index contributed by atoms with van der Waals surface area (Å²) >= 11 is 0. The molecule has 0 N–H and O–H groups in total. The van der Waals surface area contributed by atoms with Gasteiger partial charge in [0.2, 0.25) is 0 Å². The maximum absolute atomic E-state index is 11.9. The van der Waals surface area contributed by atoms with Crippen LogP contribution in [-0.2, 0) is 4.79 Å². The van der Waals surface area contributed by atoms with Gasteiger partial charge in [-0.1, -0.05) is 53.9 Å². The molecule has 0 aromatic carbocycles. The van der Waals surface area contributed by atoms with Gasteiger partial charge in [-0.2, -0.15) is 0 Å². The van der Waals surface area contributed by atoms with Gasteiger partial charge in [-0.25, -0.2) is 0 Å². The first-order chi connectivity index (χ1) is 7.66. The summed E-state index contributed by atoms with van der Waals surface area (Å²) in [6.07, 6.45) is 7.35. The SMILES string of the molecule is CC.CCC(=O)[C@H](C(C)C)C1CCCCC1. The topological polar surface area (TPSA) is 17.1 Å². The van der Waals surface area contributed by atoms with Crippen LogP contribution in [0.15, 0.2) is 0 Å². The van der Waals surface area contributed by atoms with E-state index in [9.17, 15) is 4.79 Å². The minimum absolute atomic E-state index is 0.347. The third-order valence-corrected chi connectivity index (χ3v) is 3.60. The van der Waals surface area contributed by atoms with Crippen LogP contribution in [0.3, 0.4) is 0 Å². The van der Waals surface area contributed by atoms with Crippen molar-refractivity contribution in [1.29, 1.82) is 0 Å². The monoisotopic (exact) mass is 226 g/mol. The Bertz CT molecular complexity index is 178. The van der Waals surface area contributed by atoms with E-state index in [-0.39, 0.29) is 0 Å². The Morgan fingerprint density at radius 1 is 1.12 bits per heavy atom. The molecule has 0 unspecified atom stereocenters. The first-order valence-electron chi connectivity index (χ1n) is 7.19. The molecule has 0 saturated heterocycles. The summed E-state index contributed by atoms with van der Waals surface area (Å²) in [6.45, 7) is 10.4. The predicted molar refractivity (Wildman–Crippen MR) is 71.5 cm³/mol. The maximum Gasteiger partial charge on any atom is 0.136 e. The van der Waals surface area contributed by atoms with E-state index >= 15 is 0 Å². The van der Waals surface area contributed by atoms with Crippen molar-refractivity contribution in [2.24, 2.45) is 17.8 Å². The van der Waals surface area contributed by atoms with E-state index in [0.717, 1.165) is 6.42 Å². The molecule has 1 aliphatic carbocycles. The Morgan fingerprint density at radius 3 is 2.00 bits per heavy atom. The van der Waals surface area contributed by atoms with Crippen LogP contribution in [-0.4, -0.2) is 5.78 Å². The van der Waals surface area contributed by atoms with E-state index in [2.05, 4.69) is 13.8 Å². The van der Waals surface area contributed by atoms with Gasteiger partial charge >= 0.3 is 0 Å². The normalized spacial score (nSPS) is 18.9. The molecule has 1 aliphatic rings. The van der Waals surface area contributed by atoms with Crippen molar-refractivity contribution < 1.29 is 4.79 Å². The second-order valence-electron chi connectivity index (χ2n) is 4.99. The summed E-state index contributed by atoms with van der Waals surface area (Å²) in [6, 6.07) is 0. The maximum atomic E-state index is 11.9. The minimum Gasteiger partial charge on any atom is -0.299 e. The van der Waals surface area contributed by atoms with Crippen LogP contribution in [0, 0.1) is 17.8 Å². The van der Waals surface area contributed by atoms with Gasteiger partial charge in [-0.3, -0.25) is 4.79 Å². The van der Waals surface area contributed by atoms with Crippen molar-refractivity contribution in [3.63, 3.8) is 0 Å². The first kappa shape index (κ1) is 15.7. The van der Waals surface area contributed by atoms with Crippen molar-refractivity contribution in [2.45, 2.75) is 73.1 Å². The second kappa shape index (κ2) is 8.78. The Kier molecular flexibility index (Phi) is 8.60. The number of carbonyl (C=O) groups is 1. The van der Waals surface area contributed by atoms with Gasteiger partial charge in [0.25, 0.3) is 0 Å². The lowest BCUT2D eigenvalue weighted by Gasteiger charge is -2.31. The summed E-state index contributed by atoms with van der Waals surface area (Å²) in [5.41, 5.74) is 0. The molecule has 1 heteroatoms. The zero-order valence-electron chi connectivity index (χ0n) is 11.9. The molecule has 1 atom stereocenters. The van der Waals surface area contributed by atoms with Crippen molar-refractivity contribution in [3.05, 3.63) is 0 Å². The van der Waals surface area contributed by atoms with Gasteiger partial charge in [0, 0.05) is 12.3 Å². The lowest BCUT2D eigenvalue weighted by Crippen LogP contribution is -2.29. The Hall–Kier alpha value is -0.330. The molecule has 0 aliphatic heterocycles. The third kappa shape index (κ3) is 4.67. The van der Waals surface area contributed by atoms with Crippen LogP contribution in [0.1, 0.15) is 73.1 Å². The van der Waals surface area contributed by atoms with Crippen molar-refractivity contribution in [1.82, 2.24) is 0 Å². The van der Waals surface area contributed by atoms with Gasteiger partial charge in [-0.05, 0) is 24.7 Å². The van der Waals surface area contributed by atoms with E-state index in [1.54, 1.807) is 0 Å². The van der Waals surface area contributed by atoms with E-state index in [0.29, 0.717) is 23.5 Å². The smallest absolute Gasteiger partial charge is 0.136 e. The molecule has 0 heterocycles. The number of rotatable bonds is 4. The highest BCUT2D eigenvalue weighted by Crippen LogP contribution is 2.34. The van der Waals surface area contributed by atoms with Crippen molar-refractivity contribution in [3.8, 4) is 0 Å². The van der Waals surface area contributed by atoms with Crippen LogP contribution < -0.4 is 0 Å². The summed E-state index contributed by atoms with van der Waals surface area (Å²) in [5, 5.41) is 0. The number of hydrogen-bond acceptors (Lipinski definition) is 1. The summed E-state index contributed by atoms with van der Waals surface area (Å²) in [7, 11) is 0. The average molecular weight is 226 g/mol. The predicted octanol–water partition coefficient (Wildman–Crippen LogP) is 4.84. The second-order valence-corrected chi connectivity index (χ2v) is 4.99. The summed E-state index contributed by atoms with van der Waals surface area (Å²) in [4.78, 5) is 11.9. The fraction of sp³-hybridized carbons (Fsp3) is 0.933. The molecule has 0 bridgehead atoms. The number of hydrogen-bond donors (Lipinski definition) is 0. The van der Waals surface area contributed by atoms with E-state index in [4.69, 9.17) is 0 Å². The molecule has 0 spiro atoms. The Balaban J connectivity index is 0.00000106. The summed E-state index contributed by atoms with van der Waals surface area (Å²) < 4.78 is 0. The molecule has 16 heavy (non-hydrogen) atoms. The highest BCUT2D eigenvalue weighted by molar-refractivity contribution is 5.81. The molecule has 1 rings (SSSR count). The van der Waals surface area contributed by atoms with Crippen LogP contribution in [0.4, 0.5) is 0 Å². The molecule has 96 valence electrons. The van der Waals surface area contributed by atoms with Crippen molar-refractivity contribution in [2.75, 3.05) is 0 Å². The largest absolute Gasteiger partial charge is 0.299 e. The van der Waals surface area contributed by atoms with E-state index in [1.807, 2.05) is 20.8 Å². The molecule has 0 amide bonds. The molecule has 1 fully saturated rings. The van der Waals surface area contributed by atoms with E-state index < -0.39 is 0 Å². The minimum atomic E-state index is 0.347. The highest BCUT2D eigenvalue weighted by Gasteiger charge is 2.30. The quantitative estimate of drug-likeness (QED) is 0.670. The van der Waals surface area contributed by atoms with Crippen LogP contribution in [0.25, 0.3) is 0 Å². The molecule has 1 saturated carbocycles. The van der Waals surface area contributed by atoms with Gasteiger partial charge in [-0.15, -0.1) is 0 Å². The molecular weight excluding hydrogens is 196 g/mol. The van der Waals surface area contributed by atoms with Gasteiger partial charge < -0.3 is 0 Å². The zero-order valence-corrected chi connectivity index (χ0v) is 11.9. The van der Waals surface area contributed by atoms with Crippen LogP contribution in [0.2, 0.25) is 0 Å². The Labute approximate surface area is 102 Å². The molecule has 0 aromatic rings. The zero-order chi connectivity index (χ0) is 12.6. The molecule has 0 radical (unpaired) electrons. The van der Waals surface area contributed by atoms with Gasteiger partial charge in [0.05, 0.1) is 0 Å².